The molecule has 0 N–H and O–H groups in total. The Morgan fingerprint density at radius 3 is 2.16 bits per heavy atom. The summed E-state index contributed by atoms with van der Waals surface area (Å²) in [6.07, 6.45) is 6.67. The largest absolute Gasteiger partial charge is 0.337 e. The molecule has 1 aromatic carbocycles. The van der Waals surface area contributed by atoms with Crippen LogP contribution in [0.2, 0.25) is 0 Å². The summed E-state index contributed by atoms with van der Waals surface area (Å²) in [5.74, 6) is -0.474. The molecular formula is C19H22N2O3S. The van der Waals surface area contributed by atoms with Gasteiger partial charge < -0.3 is 4.90 Å². The molecule has 0 saturated carbocycles. The summed E-state index contributed by atoms with van der Waals surface area (Å²) in [6.45, 7) is 0.174. The Morgan fingerprint density at radius 1 is 1.08 bits per heavy atom. The number of hydrogen-bond donors (Lipinski definition) is 0. The molecule has 2 bridgehead atoms. The highest BCUT2D eigenvalue weighted by atomic mass is 32.2. The van der Waals surface area contributed by atoms with Crippen LogP contribution >= 0.6 is 11.8 Å². The predicted octanol–water partition coefficient (Wildman–Crippen LogP) is 2.56. The van der Waals surface area contributed by atoms with E-state index in [9.17, 15) is 14.4 Å². The maximum atomic E-state index is 12.8. The zero-order valence-corrected chi connectivity index (χ0v) is 15.1. The summed E-state index contributed by atoms with van der Waals surface area (Å²) < 4.78 is 0. The molecule has 0 aromatic heterocycles. The van der Waals surface area contributed by atoms with E-state index < -0.39 is 0 Å². The first-order valence-electron chi connectivity index (χ1n) is 8.89. The van der Waals surface area contributed by atoms with Gasteiger partial charge in [0.1, 0.15) is 0 Å². The number of rotatable bonds is 4. The van der Waals surface area contributed by atoms with Crippen LogP contribution in [0.1, 0.15) is 52.8 Å². The van der Waals surface area contributed by atoms with Crippen LogP contribution in [-0.2, 0) is 4.79 Å². The molecular weight excluding hydrogens is 336 g/mol. The van der Waals surface area contributed by atoms with Gasteiger partial charge in [-0.1, -0.05) is 12.1 Å². The van der Waals surface area contributed by atoms with Crippen molar-refractivity contribution in [3.8, 4) is 0 Å². The number of carbonyl (C=O) groups is 3. The topological polar surface area (TPSA) is 57.7 Å². The van der Waals surface area contributed by atoms with E-state index in [4.69, 9.17) is 0 Å². The molecule has 2 unspecified atom stereocenters. The molecule has 4 rings (SSSR count). The van der Waals surface area contributed by atoms with Crippen molar-refractivity contribution in [2.75, 3.05) is 12.8 Å². The molecule has 25 heavy (non-hydrogen) atoms. The van der Waals surface area contributed by atoms with Gasteiger partial charge in [0, 0.05) is 30.3 Å². The van der Waals surface area contributed by atoms with Crippen LogP contribution in [0.5, 0.6) is 0 Å². The van der Waals surface area contributed by atoms with E-state index in [1.165, 1.54) is 4.90 Å². The Hall–Kier alpha value is -1.82. The lowest BCUT2D eigenvalue weighted by molar-refractivity contribution is -0.135. The summed E-state index contributed by atoms with van der Waals surface area (Å²) in [5.41, 5.74) is 0.890. The van der Waals surface area contributed by atoms with Crippen LogP contribution in [0.4, 0.5) is 0 Å². The van der Waals surface area contributed by atoms with Crippen molar-refractivity contribution in [2.45, 2.75) is 49.4 Å². The maximum absolute atomic E-state index is 12.8. The number of hydrogen-bond acceptors (Lipinski definition) is 4. The predicted molar refractivity (Wildman–Crippen MR) is 96.6 cm³/mol. The van der Waals surface area contributed by atoms with Crippen molar-refractivity contribution in [3.05, 3.63) is 35.4 Å². The Morgan fingerprint density at radius 2 is 1.64 bits per heavy atom. The molecule has 5 nitrogen and oxygen atoms in total. The zero-order valence-electron chi connectivity index (χ0n) is 14.3. The third kappa shape index (κ3) is 2.76. The number of benzene rings is 1. The number of fused-ring (bicyclic) bond motifs is 3. The van der Waals surface area contributed by atoms with Crippen molar-refractivity contribution in [3.63, 3.8) is 0 Å². The summed E-state index contributed by atoms with van der Waals surface area (Å²) >= 11 is 1.90. The smallest absolute Gasteiger partial charge is 0.261 e. The second-order valence-electron chi connectivity index (χ2n) is 7.07. The van der Waals surface area contributed by atoms with Gasteiger partial charge in [-0.25, -0.2) is 0 Å². The van der Waals surface area contributed by atoms with Crippen molar-refractivity contribution in [1.29, 1.82) is 0 Å². The Bertz CT molecular complexity index is 686. The SMILES string of the molecule is CSC1CC2CCC(C1)N2C(=O)CCN1C(=O)c2ccccc2C1=O. The van der Waals surface area contributed by atoms with E-state index in [1.807, 2.05) is 16.7 Å². The molecule has 6 heteroatoms. The van der Waals surface area contributed by atoms with Gasteiger partial charge in [-0.3, -0.25) is 19.3 Å². The van der Waals surface area contributed by atoms with Crippen molar-refractivity contribution in [1.82, 2.24) is 9.80 Å². The quantitative estimate of drug-likeness (QED) is 0.776. The highest BCUT2D eigenvalue weighted by Crippen LogP contribution is 2.39. The maximum Gasteiger partial charge on any atom is 0.261 e. The molecule has 3 aliphatic rings. The highest BCUT2D eigenvalue weighted by Gasteiger charge is 2.43. The Kier molecular flexibility index (Phi) is 4.31. The number of imide groups is 1. The minimum Gasteiger partial charge on any atom is -0.337 e. The van der Waals surface area contributed by atoms with Gasteiger partial charge >= 0.3 is 0 Å². The van der Waals surface area contributed by atoms with Gasteiger partial charge in [0.15, 0.2) is 0 Å². The third-order valence-electron chi connectivity index (χ3n) is 5.74. The van der Waals surface area contributed by atoms with Crippen LogP contribution < -0.4 is 0 Å². The minimum atomic E-state index is -0.280. The molecule has 0 aliphatic carbocycles. The molecule has 3 aliphatic heterocycles. The fraction of sp³-hybridized carbons (Fsp3) is 0.526. The van der Waals surface area contributed by atoms with Crippen LogP contribution in [-0.4, -0.2) is 57.7 Å². The molecule has 2 fully saturated rings. The van der Waals surface area contributed by atoms with Gasteiger partial charge in [-0.2, -0.15) is 11.8 Å². The van der Waals surface area contributed by atoms with E-state index in [1.54, 1.807) is 24.3 Å². The van der Waals surface area contributed by atoms with E-state index in [0.717, 1.165) is 25.7 Å². The second-order valence-corrected chi connectivity index (χ2v) is 8.21. The average molecular weight is 358 g/mol. The fourth-order valence-electron chi connectivity index (χ4n) is 4.51. The summed E-state index contributed by atoms with van der Waals surface area (Å²) in [5, 5.41) is 0.651. The number of carbonyl (C=O) groups excluding carboxylic acids is 3. The van der Waals surface area contributed by atoms with Crippen molar-refractivity contribution < 1.29 is 14.4 Å². The molecule has 2 atom stereocenters. The first-order valence-corrected chi connectivity index (χ1v) is 10.2. The molecule has 3 heterocycles. The van der Waals surface area contributed by atoms with Gasteiger partial charge in [-0.15, -0.1) is 0 Å². The third-order valence-corrected chi connectivity index (χ3v) is 6.79. The van der Waals surface area contributed by atoms with E-state index in [2.05, 4.69) is 6.26 Å². The standard InChI is InChI=1S/C19H22N2O3S/c1-25-14-10-12-6-7-13(11-14)21(12)17(22)8-9-20-18(23)15-4-2-3-5-16(15)19(20)24/h2-5,12-14H,6-11H2,1H3. The Balaban J connectivity index is 1.41. The van der Waals surface area contributed by atoms with E-state index in [0.29, 0.717) is 28.5 Å². The molecule has 3 amide bonds. The zero-order chi connectivity index (χ0) is 17.6. The van der Waals surface area contributed by atoms with Gasteiger partial charge in [0.2, 0.25) is 5.91 Å². The van der Waals surface area contributed by atoms with Crippen LogP contribution in [0, 0.1) is 0 Å². The van der Waals surface area contributed by atoms with Crippen LogP contribution in [0.3, 0.4) is 0 Å². The Labute approximate surface area is 151 Å². The number of nitrogens with zero attached hydrogens (tertiary/aromatic N) is 2. The summed E-state index contributed by atoms with van der Waals surface area (Å²) in [7, 11) is 0. The molecule has 2 saturated heterocycles. The van der Waals surface area contributed by atoms with Gasteiger partial charge in [-0.05, 0) is 44.1 Å². The molecule has 0 radical (unpaired) electrons. The minimum absolute atomic E-state index is 0.0867. The first kappa shape index (κ1) is 16.6. The molecule has 1 aromatic rings. The van der Waals surface area contributed by atoms with Crippen molar-refractivity contribution in [2.24, 2.45) is 0 Å². The molecule has 132 valence electrons. The van der Waals surface area contributed by atoms with Gasteiger partial charge in [0.05, 0.1) is 11.1 Å². The van der Waals surface area contributed by atoms with Crippen LogP contribution in [0.25, 0.3) is 0 Å². The van der Waals surface area contributed by atoms with Crippen molar-refractivity contribution >= 4 is 29.5 Å². The lowest BCUT2D eigenvalue weighted by Crippen LogP contribution is -2.48. The number of piperidine rings is 1. The van der Waals surface area contributed by atoms with E-state index in [-0.39, 0.29) is 30.7 Å². The lowest BCUT2D eigenvalue weighted by atomic mass is 10.0. The first-order chi connectivity index (χ1) is 12.1. The average Bonchev–Trinajstić information content (AvgIpc) is 3.04. The molecule has 0 spiro atoms. The fourth-order valence-corrected chi connectivity index (χ4v) is 5.33. The highest BCUT2D eigenvalue weighted by molar-refractivity contribution is 7.99. The monoisotopic (exact) mass is 358 g/mol. The lowest BCUT2D eigenvalue weighted by Gasteiger charge is -2.38. The van der Waals surface area contributed by atoms with Crippen LogP contribution in [0.15, 0.2) is 24.3 Å². The number of thioether (sulfide) groups is 1. The van der Waals surface area contributed by atoms with E-state index >= 15 is 0 Å². The summed E-state index contributed by atoms with van der Waals surface area (Å²) in [6, 6.07) is 7.53. The normalized spacial score (nSPS) is 27.8. The second kappa shape index (κ2) is 6.48. The van der Waals surface area contributed by atoms with Gasteiger partial charge in [0.25, 0.3) is 11.8 Å². The summed E-state index contributed by atoms with van der Waals surface area (Å²) in [4.78, 5) is 40.8. The number of amides is 3.